The summed E-state index contributed by atoms with van der Waals surface area (Å²) in [6.45, 7) is -0.270. The Hall–Kier alpha value is -3.67. The first kappa shape index (κ1) is 23.0. The van der Waals surface area contributed by atoms with Crippen LogP contribution in [0.5, 0.6) is 11.5 Å². The Kier molecular flexibility index (Phi) is 7.97. The zero-order chi connectivity index (χ0) is 22.9. The van der Waals surface area contributed by atoms with Crippen LogP contribution >= 0.6 is 22.6 Å². The predicted octanol–water partition coefficient (Wildman–Crippen LogP) is 2.99. The number of hydrogen-bond acceptors (Lipinski definition) is 7. The minimum atomic E-state index is -0.517. The molecule has 3 aromatic rings. The number of rotatable bonds is 8. The summed E-state index contributed by atoms with van der Waals surface area (Å²) in [6, 6.07) is 15.0. The second kappa shape index (κ2) is 11.1. The van der Waals surface area contributed by atoms with Crippen molar-refractivity contribution in [3.8, 4) is 11.5 Å². The zero-order valence-corrected chi connectivity index (χ0v) is 19.0. The number of hydrazone groups is 1. The summed E-state index contributed by atoms with van der Waals surface area (Å²) < 4.78 is 16.5. The van der Waals surface area contributed by atoms with E-state index in [1.54, 1.807) is 36.4 Å². The zero-order valence-electron chi connectivity index (χ0n) is 16.8. The number of nitrogens with one attached hydrogen (secondary N) is 2. The molecule has 0 aliphatic heterocycles. The molecule has 0 aliphatic rings. The van der Waals surface area contributed by atoms with Crippen LogP contribution in [0.2, 0.25) is 0 Å². The Labute approximate surface area is 196 Å². The summed E-state index contributed by atoms with van der Waals surface area (Å²) in [5.74, 6) is -0.843. The fraction of sp³-hybridized carbons (Fsp3) is 0.0909. The number of methoxy groups -OCH3 is 1. The average Bonchev–Trinajstić information content (AvgIpc) is 3.33. The van der Waals surface area contributed by atoms with E-state index >= 15 is 0 Å². The smallest absolute Gasteiger partial charge is 0.344 e. The molecule has 0 atom stereocenters. The van der Waals surface area contributed by atoms with Crippen molar-refractivity contribution in [3.63, 3.8) is 0 Å². The molecule has 0 radical (unpaired) electrons. The van der Waals surface area contributed by atoms with Crippen LogP contribution in [0.4, 0.5) is 0 Å². The van der Waals surface area contributed by atoms with Crippen molar-refractivity contribution in [2.45, 2.75) is 0 Å². The number of carbonyl (C=O) groups is 3. The van der Waals surface area contributed by atoms with Gasteiger partial charge in [-0.3, -0.25) is 9.59 Å². The summed E-state index contributed by atoms with van der Waals surface area (Å²) >= 11 is 2.06. The van der Waals surface area contributed by atoms with E-state index in [1.165, 1.54) is 25.7 Å². The Balaban J connectivity index is 1.56. The molecule has 0 saturated carbocycles. The van der Waals surface area contributed by atoms with Gasteiger partial charge in [0, 0.05) is 3.57 Å². The predicted molar refractivity (Wildman–Crippen MR) is 124 cm³/mol. The molecular weight excluding hydrogens is 529 g/mol. The van der Waals surface area contributed by atoms with Crippen LogP contribution in [0, 0.1) is 3.57 Å². The number of esters is 1. The molecule has 164 valence electrons. The monoisotopic (exact) mass is 547 g/mol. The summed E-state index contributed by atoms with van der Waals surface area (Å²) in [7, 11) is 1.45. The topological polar surface area (TPSA) is 119 Å². The molecule has 0 unspecified atom stereocenters. The Morgan fingerprint density at radius 3 is 2.62 bits per heavy atom. The standard InChI is InChI=1S/C22H18IN3O6/c1-30-19-11-14(8-9-17(19)32-22(29)15-5-2-3-6-16(15)23)12-25-26-20(27)13-24-21(28)18-7-4-10-31-18/h2-12H,13H2,1H3,(H,24,28)(H,26,27). The Morgan fingerprint density at radius 1 is 1.09 bits per heavy atom. The number of furan rings is 1. The van der Waals surface area contributed by atoms with Gasteiger partial charge in [-0.05, 0) is 70.6 Å². The van der Waals surface area contributed by atoms with Crippen molar-refractivity contribution in [3.05, 3.63) is 81.3 Å². The molecular formula is C22H18IN3O6. The van der Waals surface area contributed by atoms with E-state index in [0.717, 1.165) is 3.57 Å². The number of nitrogens with zero attached hydrogens (tertiary/aromatic N) is 1. The van der Waals surface area contributed by atoms with Gasteiger partial charge in [0.2, 0.25) is 0 Å². The van der Waals surface area contributed by atoms with Gasteiger partial charge in [0.1, 0.15) is 0 Å². The van der Waals surface area contributed by atoms with E-state index in [2.05, 4.69) is 38.4 Å². The van der Waals surface area contributed by atoms with Gasteiger partial charge >= 0.3 is 5.97 Å². The van der Waals surface area contributed by atoms with Crippen LogP contribution in [-0.2, 0) is 4.79 Å². The van der Waals surface area contributed by atoms with Gasteiger partial charge in [-0.15, -0.1) is 0 Å². The number of ether oxygens (including phenoxy) is 2. The quantitative estimate of drug-likeness (QED) is 0.147. The third-order valence-corrected chi connectivity index (χ3v) is 4.98. The third kappa shape index (κ3) is 6.17. The van der Waals surface area contributed by atoms with Crippen molar-refractivity contribution in [1.29, 1.82) is 0 Å². The van der Waals surface area contributed by atoms with Gasteiger partial charge < -0.3 is 19.2 Å². The molecule has 0 aliphatic carbocycles. The van der Waals surface area contributed by atoms with Crippen LogP contribution in [-0.4, -0.2) is 37.7 Å². The van der Waals surface area contributed by atoms with Gasteiger partial charge in [0.25, 0.3) is 11.8 Å². The van der Waals surface area contributed by atoms with Crippen molar-refractivity contribution in [2.75, 3.05) is 13.7 Å². The molecule has 0 saturated heterocycles. The number of carbonyl (C=O) groups excluding carboxylic acids is 3. The van der Waals surface area contributed by atoms with E-state index < -0.39 is 17.8 Å². The average molecular weight is 547 g/mol. The molecule has 1 heterocycles. The maximum atomic E-state index is 12.4. The lowest BCUT2D eigenvalue weighted by molar-refractivity contribution is -0.120. The van der Waals surface area contributed by atoms with Gasteiger partial charge in [-0.2, -0.15) is 5.10 Å². The minimum Gasteiger partial charge on any atom is -0.493 e. The summed E-state index contributed by atoms with van der Waals surface area (Å²) in [6.07, 6.45) is 2.75. The number of halogens is 1. The highest BCUT2D eigenvalue weighted by molar-refractivity contribution is 14.1. The van der Waals surface area contributed by atoms with Crippen LogP contribution in [0.25, 0.3) is 0 Å². The van der Waals surface area contributed by atoms with E-state index in [-0.39, 0.29) is 18.1 Å². The highest BCUT2D eigenvalue weighted by Crippen LogP contribution is 2.28. The minimum absolute atomic E-state index is 0.108. The Bertz CT molecular complexity index is 1140. The summed E-state index contributed by atoms with van der Waals surface area (Å²) in [5.41, 5.74) is 3.34. The van der Waals surface area contributed by atoms with Crippen molar-refractivity contribution in [2.24, 2.45) is 5.10 Å². The van der Waals surface area contributed by atoms with Crippen molar-refractivity contribution < 1.29 is 28.3 Å². The lowest BCUT2D eigenvalue weighted by atomic mass is 10.2. The second-order valence-corrected chi connectivity index (χ2v) is 7.40. The lowest BCUT2D eigenvalue weighted by Crippen LogP contribution is -2.34. The number of amides is 2. The molecule has 3 rings (SSSR count). The van der Waals surface area contributed by atoms with E-state index in [4.69, 9.17) is 13.9 Å². The number of benzene rings is 2. The first-order chi connectivity index (χ1) is 15.5. The van der Waals surface area contributed by atoms with Gasteiger partial charge in [-0.25, -0.2) is 10.2 Å². The lowest BCUT2D eigenvalue weighted by Gasteiger charge is -2.10. The van der Waals surface area contributed by atoms with Crippen LogP contribution in [0.1, 0.15) is 26.5 Å². The molecule has 2 N–H and O–H groups in total. The molecule has 9 nitrogen and oxygen atoms in total. The third-order valence-electron chi connectivity index (χ3n) is 4.04. The first-order valence-electron chi connectivity index (χ1n) is 9.26. The SMILES string of the molecule is COc1cc(C=NNC(=O)CNC(=O)c2ccco2)ccc1OC(=O)c1ccccc1I. The fourth-order valence-electron chi connectivity index (χ4n) is 2.50. The normalized spacial score (nSPS) is 10.6. The van der Waals surface area contributed by atoms with E-state index in [9.17, 15) is 14.4 Å². The van der Waals surface area contributed by atoms with Crippen LogP contribution in [0.3, 0.4) is 0 Å². The molecule has 0 spiro atoms. The fourth-order valence-corrected chi connectivity index (χ4v) is 3.11. The van der Waals surface area contributed by atoms with Crippen LogP contribution < -0.4 is 20.2 Å². The molecule has 10 heteroatoms. The molecule has 0 bridgehead atoms. The summed E-state index contributed by atoms with van der Waals surface area (Å²) in [5, 5.41) is 6.25. The largest absolute Gasteiger partial charge is 0.493 e. The molecule has 2 aromatic carbocycles. The van der Waals surface area contributed by atoms with E-state index in [0.29, 0.717) is 16.9 Å². The van der Waals surface area contributed by atoms with Gasteiger partial charge in [0.05, 0.1) is 31.7 Å². The summed E-state index contributed by atoms with van der Waals surface area (Å²) in [4.78, 5) is 36.0. The maximum absolute atomic E-state index is 12.4. The molecule has 0 fully saturated rings. The first-order valence-corrected chi connectivity index (χ1v) is 10.3. The molecule has 2 amide bonds. The highest BCUT2D eigenvalue weighted by Gasteiger charge is 2.15. The highest BCUT2D eigenvalue weighted by atomic mass is 127. The van der Waals surface area contributed by atoms with Crippen molar-refractivity contribution in [1.82, 2.24) is 10.7 Å². The maximum Gasteiger partial charge on any atom is 0.344 e. The van der Waals surface area contributed by atoms with Gasteiger partial charge in [0.15, 0.2) is 17.3 Å². The van der Waals surface area contributed by atoms with Crippen molar-refractivity contribution >= 4 is 46.6 Å². The Morgan fingerprint density at radius 2 is 1.91 bits per heavy atom. The van der Waals surface area contributed by atoms with E-state index in [1.807, 2.05) is 12.1 Å². The molecule has 32 heavy (non-hydrogen) atoms. The van der Waals surface area contributed by atoms with Gasteiger partial charge in [-0.1, -0.05) is 12.1 Å². The molecule has 1 aromatic heterocycles. The van der Waals surface area contributed by atoms with Crippen LogP contribution in [0.15, 0.2) is 70.4 Å². The second-order valence-electron chi connectivity index (χ2n) is 6.23. The number of hydrogen-bond donors (Lipinski definition) is 2.